The predicted molar refractivity (Wildman–Crippen MR) is 121 cm³/mol. The Labute approximate surface area is 182 Å². The number of primary amides is 1. The van der Waals surface area contributed by atoms with E-state index >= 15 is 0 Å². The molecular formula is C25H26N4O2. The molecule has 1 atom stereocenters. The van der Waals surface area contributed by atoms with Gasteiger partial charge in [-0.15, -0.1) is 0 Å². The largest absolute Gasteiger partial charge is 0.369 e. The van der Waals surface area contributed by atoms with E-state index in [9.17, 15) is 9.59 Å². The van der Waals surface area contributed by atoms with Gasteiger partial charge in [-0.05, 0) is 55.8 Å². The molecule has 1 aliphatic heterocycles. The van der Waals surface area contributed by atoms with E-state index in [2.05, 4.69) is 4.98 Å². The average molecular weight is 415 g/mol. The molecule has 0 saturated carbocycles. The Morgan fingerprint density at radius 3 is 2.10 bits per heavy atom. The molecular weight excluding hydrogens is 388 g/mol. The second-order valence-electron chi connectivity index (χ2n) is 7.88. The number of amides is 2. The molecule has 31 heavy (non-hydrogen) atoms. The highest BCUT2D eigenvalue weighted by molar-refractivity contribution is 6.01. The zero-order valence-corrected chi connectivity index (χ0v) is 17.4. The van der Waals surface area contributed by atoms with Gasteiger partial charge in [-0.1, -0.05) is 42.5 Å². The van der Waals surface area contributed by atoms with Crippen molar-refractivity contribution >= 4 is 23.2 Å². The third-order valence-corrected chi connectivity index (χ3v) is 5.84. The Morgan fingerprint density at radius 1 is 0.935 bits per heavy atom. The number of hydrogen-bond acceptors (Lipinski definition) is 4. The molecule has 0 radical (unpaired) electrons. The number of carbonyl (C=O) groups excluding carboxylic acids is 2. The quantitative estimate of drug-likeness (QED) is 0.671. The number of nitrogens with zero attached hydrogens (tertiary/aromatic N) is 3. The molecule has 6 heteroatoms. The molecule has 1 aliphatic rings. The first kappa shape index (κ1) is 20.8. The Morgan fingerprint density at radius 2 is 1.55 bits per heavy atom. The zero-order valence-electron chi connectivity index (χ0n) is 17.4. The van der Waals surface area contributed by atoms with Gasteiger partial charge in [0, 0.05) is 24.1 Å². The van der Waals surface area contributed by atoms with Crippen molar-refractivity contribution in [3.8, 4) is 0 Å². The van der Waals surface area contributed by atoms with Crippen LogP contribution in [-0.2, 0) is 15.0 Å². The Kier molecular flexibility index (Phi) is 6.09. The molecule has 2 aromatic carbocycles. The van der Waals surface area contributed by atoms with E-state index in [-0.39, 0.29) is 12.5 Å². The summed E-state index contributed by atoms with van der Waals surface area (Å²) in [6.45, 7) is 1.29. The SMILES string of the molecule is NC(=O)[C@@]1(c2ccccn2)CCCN(CC(=O)N(c2ccccc2)c2ccccc2)C1. The van der Waals surface area contributed by atoms with Crippen molar-refractivity contribution in [3.63, 3.8) is 0 Å². The van der Waals surface area contributed by atoms with Crippen LogP contribution < -0.4 is 10.6 Å². The van der Waals surface area contributed by atoms with Crippen molar-refractivity contribution in [3.05, 3.63) is 90.8 Å². The summed E-state index contributed by atoms with van der Waals surface area (Å²) in [5.74, 6) is -0.454. The van der Waals surface area contributed by atoms with Crippen LogP contribution in [0.4, 0.5) is 11.4 Å². The van der Waals surface area contributed by atoms with Gasteiger partial charge in [0.2, 0.25) is 11.8 Å². The lowest BCUT2D eigenvalue weighted by atomic mass is 9.76. The van der Waals surface area contributed by atoms with E-state index in [1.54, 1.807) is 11.1 Å². The number of carbonyl (C=O) groups is 2. The van der Waals surface area contributed by atoms with Crippen LogP contribution in [0.3, 0.4) is 0 Å². The number of aromatic nitrogens is 1. The highest BCUT2D eigenvalue weighted by Gasteiger charge is 2.44. The number of piperidine rings is 1. The molecule has 158 valence electrons. The van der Waals surface area contributed by atoms with Crippen LogP contribution in [0, 0.1) is 0 Å². The van der Waals surface area contributed by atoms with Crippen molar-refractivity contribution in [1.29, 1.82) is 0 Å². The Hall–Kier alpha value is -3.51. The van der Waals surface area contributed by atoms with Crippen molar-refractivity contribution in [2.75, 3.05) is 24.5 Å². The summed E-state index contributed by atoms with van der Waals surface area (Å²) in [6.07, 6.45) is 3.07. The van der Waals surface area contributed by atoms with E-state index in [0.717, 1.165) is 24.3 Å². The molecule has 6 nitrogen and oxygen atoms in total. The van der Waals surface area contributed by atoms with Crippen molar-refractivity contribution < 1.29 is 9.59 Å². The molecule has 2 N–H and O–H groups in total. The lowest BCUT2D eigenvalue weighted by Gasteiger charge is -2.40. The fraction of sp³-hybridized carbons (Fsp3) is 0.240. The summed E-state index contributed by atoms with van der Waals surface area (Å²) in [5, 5.41) is 0. The molecule has 2 amide bonds. The number of anilines is 2. The molecule has 0 aliphatic carbocycles. The van der Waals surface area contributed by atoms with Crippen LogP contribution >= 0.6 is 0 Å². The standard InChI is InChI=1S/C25H26N4O2/c26-24(31)25(22-14-7-8-16-27-22)15-9-17-28(19-25)18-23(30)29(20-10-3-1-4-11-20)21-12-5-2-6-13-21/h1-8,10-14,16H,9,15,17-19H2,(H2,26,31)/t25-/m0/s1. The minimum absolute atomic E-state index is 0.0568. The third-order valence-electron chi connectivity index (χ3n) is 5.84. The van der Waals surface area contributed by atoms with E-state index in [0.29, 0.717) is 18.7 Å². The number of likely N-dealkylation sites (tertiary alicyclic amines) is 1. The van der Waals surface area contributed by atoms with E-state index < -0.39 is 11.3 Å². The van der Waals surface area contributed by atoms with Crippen LogP contribution in [-0.4, -0.2) is 41.3 Å². The lowest BCUT2D eigenvalue weighted by molar-refractivity contribution is -0.127. The molecule has 2 heterocycles. The van der Waals surface area contributed by atoms with Crippen molar-refractivity contribution in [2.45, 2.75) is 18.3 Å². The lowest BCUT2D eigenvalue weighted by Crippen LogP contribution is -2.55. The molecule has 1 saturated heterocycles. The molecule has 1 fully saturated rings. The monoisotopic (exact) mass is 414 g/mol. The smallest absolute Gasteiger partial charge is 0.245 e. The van der Waals surface area contributed by atoms with E-state index in [4.69, 9.17) is 5.73 Å². The second-order valence-corrected chi connectivity index (χ2v) is 7.88. The van der Waals surface area contributed by atoms with Crippen LogP contribution in [0.15, 0.2) is 85.1 Å². The summed E-state index contributed by atoms with van der Waals surface area (Å²) < 4.78 is 0. The fourth-order valence-corrected chi connectivity index (χ4v) is 4.31. The predicted octanol–water partition coefficient (Wildman–Crippen LogP) is 3.27. The number of rotatable bonds is 6. The van der Waals surface area contributed by atoms with Crippen molar-refractivity contribution in [2.24, 2.45) is 5.73 Å². The van der Waals surface area contributed by atoms with Gasteiger partial charge in [-0.3, -0.25) is 24.4 Å². The topological polar surface area (TPSA) is 79.5 Å². The number of para-hydroxylation sites is 2. The molecule has 4 rings (SSSR count). The number of benzene rings is 2. The maximum Gasteiger partial charge on any atom is 0.245 e. The van der Waals surface area contributed by atoms with Gasteiger partial charge in [-0.25, -0.2) is 0 Å². The van der Waals surface area contributed by atoms with Crippen LogP contribution in [0.5, 0.6) is 0 Å². The minimum Gasteiger partial charge on any atom is -0.369 e. The normalized spacial score (nSPS) is 19.0. The fourth-order valence-electron chi connectivity index (χ4n) is 4.31. The molecule has 0 unspecified atom stereocenters. The van der Waals surface area contributed by atoms with Gasteiger partial charge in [0.15, 0.2) is 0 Å². The first-order valence-electron chi connectivity index (χ1n) is 10.5. The van der Waals surface area contributed by atoms with Gasteiger partial charge >= 0.3 is 0 Å². The minimum atomic E-state index is -0.885. The van der Waals surface area contributed by atoms with E-state index in [1.165, 1.54) is 0 Å². The summed E-state index contributed by atoms with van der Waals surface area (Å²) in [7, 11) is 0. The molecule has 1 aromatic heterocycles. The first-order chi connectivity index (χ1) is 15.1. The Bertz CT molecular complexity index is 988. The Balaban J connectivity index is 1.60. The van der Waals surface area contributed by atoms with Crippen LogP contribution in [0.1, 0.15) is 18.5 Å². The van der Waals surface area contributed by atoms with Gasteiger partial charge in [-0.2, -0.15) is 0 Å². The highest BCUT2D eigenvalue weighted by atomic mass is 16.2. The first-order valence-corrected chi connectivity index (χ1v) is 10.5. The van der Waals surface area contributed by atoms with Crippen LogP contribution in [0.25, 0.3) is 0 Å². The third kappa shape index (κ3) is 4.34. The summed E-state index contributed by atoms with van der Waals surface area (Å²) in [4.78, 5) is 34.2. The van der Waals surface area contributed by atoms with Gasteiger partial charge in [0.25, 0.3) is 0 Å². The van der Waals surface area contributed by atoms with Gasteiger partial charge in [0.1, 0.15) is 5.41 Å². The number of hydrogen-bond donors (Lipinski definition) is 1. The number of nitrogens with two attached hydrogens (primary N) is 1. The van der Waals surface area contributed by atoms with E-state index in [1.807, 2.05) is 83.8 Å². The average Bonchev–Trinajstić information content (AvgIpc) is 2.81. The second kappa shape index (κ2) is 9.10. The van der Waals surface area contributed by atoms with Gasteiger partial charge < -0.3 is 5.73 Å². The van der Waals surface area contributed by atoms with Crippen LogP contribution in [0.2, 0.25) is 0 Å². The summed E-state index contributed by atoms with van der Waals surface area (Å²) >= 11 is 0. The maximum atomic E-state index is 13.5. The molecule has 0 bridgehead atoms. The molecule has 0 spiro atoms. The zero-order chi connectivity index (χ0) is 21.7. The molecule has 3 aromatic rings. The van der Waals surface area contributed by atoms with Gasteiger partial charge in [0.05, 0.1) is 12.2 Å². The number of pyridine rings is 1. The summed E-state index contributed by atoms with van der Waals surface area (Å²) in [6, 6.07) is 24.7. The highest BCUT2D eigenvalue weighted by Crippen LogP contribution is 2.33. The van der Waals surface area contributed by atoms with Crippen molar-refractivity contribution in [1.82, 2.24) is 9.88 Å². The summed E-state index contributed by atoms with van der Waals surface area (Å²) in [5.41, 5.74) is 7.27. The maximum absolute atomic E-state index is 13.5.